The second-order valence-corrected chi connectivity index (χ2v) is 5.59. The summed E-state index contributed by atoms with van der Waals surface area (Å²) in [6, 6.07) is 0. The van der Waals surface area contributed by atoms with Gasteiger partial charge in [0, 0.05) is 19.6 Å². The molecule has 0 aromatic rings. The average molecular weight is 296 g/mol. The summed E-state index contributed by atoms with van der Waals surface area (Å²) in [4.78, 5) is 25.6. The Morgan fingerprint density at radius 2 is 1.86 bits per heavy atom. The molecule has 6 nitrogen and oxygen atoms in total. The normalized spacial score (nSPS) is 26.5. The number of amides is 1. The molecule has 1 amide bonds. The summed E-state index contributed by atoms with van der Waals surface area (Å²) in [5.41, 5.74) is 0. The number of aliphatic carboxylic acids is 1. The minimum atomic E-state index is -0.882. The lowest BCUT2D eigenvalue weighted by molar-refractivity contribution is -0.147. The van der Waals surface area contributed by atoms with Crippen molar-refractivity contribution in [3.63, 3.8) is 0 Å². The third-order valence-electron chi connectivity index (χ3n) is 4.14. The van der Waals surface area contributed by atoms with Gasteiger partial charge in [-0.3, -0.25) is 14.5 Å². The number of rotatable bonds is 6. The van der Waals surface area contributed by atoms with Gasteiger partial charge in [-0.05, 0) is 25.8 Å². The lowest BCUT2D eigenvalue weighted by atomic mass is 9.82. The molecule has 1 heterocycles. The molecule has 1 fully saturated rings. The summed E-state index contributed by atoms with van der Waals surface area (Å²) in [6.07, 6.45) is 5.60. The van der Waals surface area contributed by atoms with Crippen LogP contribution in [0.5, 0.6) is 0 Å². The first-order valence-electron chi connectivity index (χ1n) is 7.64. The molecule has 2 N–H and O–H groups in total. The van der Waals surface area contributed by atoms with E-state index in [1.807, 2.05) is 12.2 Å². The monoisotopic (exact) mass is 296 g/mol. The van der Waals surface area contributed by atoms with Crippen molar-refractivity contribution in [3.8, 4) is 0 Å². The van der Waals surface area contributed by atoms with Crippen LogP contribution in [0.3, 0.4) is 0 Å². The summed E-state index contributed by atoms with van der Waals surface area (Å²) in [7, 11) is 0. The second-order valence-electron chi connectivity index (χ2n) is 5.59. The molecule has 0 bridgehead atoms. The van der Waals surface area contributed by atoms with Crippen LogP contribution in [0.15, 0.2) is 12.2 Å². The Balaban J connectivity index is 1.68. The quantitative estimate of drug-likeness (QED) is 0.551. The smallest absolute Gasteiger partial charge is 0.307 e. The molecule has 0 unspecified atom stereocenters. The predicted octanol–water partition coefficient (Wildman–Crippen LogP) is 0.492. The Morgan fingerprint density at radius 1 is 1.19 bits per heavy atom. The molecule has 0 aromatic carbocycles. The highest BCUT2D eigenvalue weighted by atomic mass is 16.5. The minimum Gasteiger partial charge on any atom is -0.481 e. The zero-order chi connectivity index (χ0) is 15.1. The van der Waals surface area contributed by atoms with E-state index in [-0.39, 0.29) is 5.91 Å². The van der Waals surface area contributed by atoms with Gasteiger partial charge in [-0.25, -0.2) is 0 Å². The number of carbonyl (C=O) groups is 2. The molecular weight excluding hydrogens is 272 g/mol. The number of carboxylic acids is 1. The second kappa shape index (κ2) is 8.14. The van der Waals surface area contributed by atoms with Gasteiger partial charge in [0.05, 0.1) is 25.0 Å². The number of hydrogen-bond donors (Lipinski definition) is 2. The van der Waals surface area contributed by atoms with Gasteiger partial charge in [0.25, 0.3) is 0 Å². The SMILES string of the molecule is O=C(O)[C@H]1CC=CC[C@H]1C(=O)NCCCN1CCOCC1. The van der Waals surface area contributed by atoms with Crippen molar-refractivity contribution >= 4 is 11.9 Å². The third kappa shape index (κ3) is 4.82. The maximum Gasteiger partial charge on any atom is 0.307 e. The summed E-state index contributed by atoms with van der Waals surface area (Å²) in [6.45, 7) is 4.99. The summed E-state index contributed by atoms with van der Waals surface area (Å²) in [5, 5.41) is 12.0. The van der Waals surface area contributed by atoms with Gasteiger partial charge >= 0.3 is 5.97 Å². The first-order chi connectivity index (χ1) is 10.2. The fourth-order valence-corrected chi connectivity index (χ4v) is 2.85. The van der Waals surface area contributed by atoms with Crippen LogP contribution >= 0.6 is 0 Å². The van der Waals surface area contributed by atoms with Gasteiger partial charge in [-0.15, -0.1) is 0 Å². The summed E-state index contributed by atoms with van der Waals surface area (Å²) < 4.78 is 5.28. The number of morpholine rings is 1. The van der Waals surface area contributed by atoms with Crippen molar-refractivity contribution in [1.82, 2.24) is 10.2 Å². The van der Waals surface area contributed by atoms with E-state index in [1.54, 1.807) is 0 Å². The van der Waals surface area contributed by atoms with Crippen LogP contribution in [0.4, 0.5) is 0 Å². The molecule has 2 aliphatic rings. The maximum atomic E-state index is 12.1. The van der Waals surface area contributed by atoms with Gasteiger partial charge in [-0.1, -0.05) is 12.2 Å². The van der Waals surface area contributed by atoms with Crippen molar-refractivity contribution in [2.75, 3.05) is 39.4 Å². The Hall–Kier alpha value is -1.40. The lowest BCUT2D eigenvalue weighted by Crippen LogP contribution is -2.41. The molecular formula is C15H24N2O4. The van der Waals surface area contributed by atoms with Gasteiger partial charge in [0.1, 0.15) is 0 Å². The van der Waals surface area contributed by atoms with Crippen molar-refractivity contribution in [1.29, 1.82) is 0 Å². The largest absolute Gasteiger partial charge is 0.481 e. The van der Waals surface area contributed by atoms with Gasteiger partial charge in [0.15, 0.2) is 0 Å². The van der Waals surface area contributed by atoms with E-state index in [0.717, 1.165) is 39.3 Å². The molecule has 0 saturated carbocycles. The molecule has 0 spiro atoms. The number of carbonyl (C=O) groups excluding carboxylic acids is 1. The van der Waals surface area contributed by atoms with E-state index < -0.39 is 17.8 Å². The Morgan fingerprint density at radius 3 is 2.52 bits per heavy atom. The van der Waals surface area contributed by atoms with Crippen LogP contribution in [0, 0.1) is 11.8 Å². The van der Waals surface area contributed by atoms with Gasteiger partial charge in [0.2, 0.25) is 5.91 Å². The van der Waals surface area contributed by atoms with Crippen LogP contribution in [0.2, 0.25) is 0 Å². The Labute approximate surface area is 125 Å². The molecule has 1 saturated heterocycles. The van der Waals surface area contributed by atoms with Crippen LogP contribution in [0.1, 0.15) is 19.3 Å². The molecule has 1 aliphatic carbocycles. The number of allylic oxidation sites excluding steroid dienone is 2. The molecule has 2 rings (SSSR count). The summed E-state index contributed by atoms with van der Waals surface area (Å²) in [5.74, 6) is -2.04. The van der Waals surface area contributed by atoms with Crippen LogP contribution in [-0.2, 0) is 14.3 Å². The minimum absolute atomic E-state index is 0.131. The van der Waals surface area contributed by atoms with Crippen LogP contribution < -0.4 is 5.32 Å². The number of carboxylic acid groups (broad SMARTS) is 1. The molecule has 0 radical (unpaired) electrons. The molecule has 6 heteroatoms. The molecule has 1 aliphatic heterocycles. The van der Waals surface area contributed by atoms with E-state index in [1.165, 1.54) is 0 Å². The molecule has 2 atom stereocenters. The zero-order valence-electron chi connectivity index (χ0n) is 12.3. The molecule has 0 aromatic heterocycles. The fourth-order valence-electron chi connectivity index (χ4n) is 2.85. The van der Waals surface area contributed by atoms with Gasteiger partial charge < -0.3 is 15.2 Å². The van der Waals surface area contributed by atoms with Gasteiger partial charge in [-0.2, -0.15) is 0 Å². The topological polar surface area (TPSA) is 78.9 Å². The zero-order valence-corrected chi connectivity index (χ0v) is 12.3. The van der Waals surface area contributed by atoms with Crippen molar-refractivity contribution in [2.24, 2.45) is 11.8 Å². The average Bonchev–Trinajstić information content (AvgIpc) is 2.52. The van der Waals surface area contributed by atoms with Crippen LogP contribution in [0.25, 0.3) is 0 Å². The number of nitrogens with one attached hydrogen (secondary N) is 1. The van der Waals surface area contributed by atoms with Crippen molar-refractivity contribution < 1.29 is 19.4 Å². The molecule has 21 heavy (non-hydrogen) atoms. The first-order valence-corrected chi connectivity index (χ1v) is 7.64. The highest BCUT2D eigenvalue weighted by Gasteiger charge is 2.33. The highest BCUT2D eigenvalue weighted by molar-refractivity contribution is 5.85. The number of nitrogens with zero attached hydrogens (tertiary/aromatic N) is 1. The van der Waals surface area contributed by atoms with Crippen molar-refractivity contribution in [3.05, 3.63) is 12.2 Å². The maximum absolute atomic E-state index is 12.1. The van der Waals surface area contributed by atoms with Crippen LogP contribution in [-0.4, -0.2) is 61.3 Å². The Kier molecular flexibility index (Phi) is 6.20. The standard InChI is InChI=1S/C15H24N2O4/c18-14(12-4-1-2-5-13(12)15(19)20)16-6-3-7-17-8-10-21-11-9-17/h1-2,12-13H,3-11H2,(H,16,18)(H,19,20)/t12-,13+/m1/s1. The van der Waals surface area contributed by atoms with E-state index in [9.17, 15) is 9.59 Å². The predicted molar refractivity (Wildman–Crippen MR) is 77.9 cm³/mol. The Bertz CT molecular complexity index is 391. The molecule has 118 valence electrons. The van der Waals surface area contributed by atoms with E-state index in [4.69, 9.17) is 9.84 Å². The third-order valence-corrected chi connectivity index (χ3v) is 4.14. The van der Waals surface area contributed by atoms with E-state index in [0.29, 0.717) is 19.4 Å². The summed E-state index contributed by atoms with van der Waals surface area (Å²) >= 11 is 0. The highest BCUT2D eigenvalue weighted by Crippen LogP contribution is 2.25. The van der Waals surface area contributed by atoms with Crippen molar-refractivity contribution in [2.45, 2.75) is 19.3 Å². The van der Waals surface area contributed by atoms with E-state index >= 15 is 0 Å². The van der Waals surface area contributed by atoms with E-state index in [2.05, 4.69) is 10.2 Å². The number of ether oxygens (including phenoxy) is 1. The lowest BCUT2D eigenvalue weighted by Gasteiger charge is -2.27. The number of hydrogen-bond acceptors (Lipinski definition) is 4. The fraction of sp³-hybridized carbons (Fsp3) is 0.733. The first kappa shape index (κ1) is 16.0.